The van der Waals surface area contributed by atoms with Gasteiger partial charge in [0.05, 0.1) is 0 Å². The first kappa shape index (κ1) is 16.6. The normalized spacial score (nSPS) is 10.8. The summed E-state index contributed by atoms with van der Waals surface area (Å²) in [6.45, 7) is 0. The summed E-state index contributed by atoms with van der Waals surface area (Å²) in [5, 5.41) is 10.0. The van der Waals surface area contributed by atoms with E-state index in [9.17, 15) is 9.90 Å². The number of anilines is 2. The first-order valence-electron chi connectivity index (χ1n) is 7.38. The van der Waals surface area contributed by atoms with Crippen molar-refractivity contribution in [2.45, 2.75) is 0 Å². The van der Waals surface area contributed by atoms with Crippen LogP contribution in [0.2, 0.25) is 0 Å². The molecule has 0 spiro atoms. The summed E-state index contributed by atoms with van der Waals surface area (Å²) in [5.41, 5.74) is 3.19. The number of hydrogen-bond donors (Lipinski definition) is 1. The molecule has 23 heavy (non-hydrogen) atoms. The van der Waals surface area contributed by atoms with Gasteiger partial charge >= 0.3 is 0 Å². The fourth-order valence-corrected chi connectivity index (χ4v) is 2.14. The molecule has 0 aromatic heterocycles. The van der Waals surface area contributed by atoms with Gasteiger partial charge in [-0.2, -0.15) is 0 Å². The zero-order valence-electron chi connectivity index (χ0n) is 13.9. The van der Waals surface area contributed by atoms with E-state index in [1.807, 2.05) is 56.2 Å². The molecule has 0 bridgehead atoms. The molecule has 4 heteroatoms. The summed E-state index contributed by atoms with van der Waals surface area (Å²) in [4.78, 5) is 16.1. The molecule has 0 fully saturated rings. The molecule has 0 aliphatic carbocycles. The molecule has 4 nitrogen and oxygen atoms in total. The molecule has 2 rings (SSSR count). The minimum atomic E-state index is -0.0913. The Morgan fingerprint density at radius 2 is 1.48 bits per heavy atom. The SMILES string of the molecule is CN(C)c1ccc(C(=O)/C=C/c2ccc(N(C)C)cc2O)cc1. The van der Waals surface area contributed by atoms with E-state index in [0.29, 0.717) is 11.1 Å². The molecule has 0 radical (unpaired) electrons. The summed E-state index contributed by atoms with van der Waals surface area (Å²) in [7, 11) is 7.73. The van der Waals surface area contributed by atoms with E-state index in [2.05, 4.69) is 0 Å². The Kier molecular flexibility index (Phi) is 5.06. The van der Waals surface area contributed by atoms with Crippen molar-refractivity contribution in [3.63, 3.8) is 0 Å². The maximum atomic E-state index is 12.2. The van der Waals surface area contributed by atoms with Crippen LogP contribution >= 0.6 is 0 Å². The first-order chi connectivity index (χ1) is 10.9. The average Bonchev–Trinajstić information content (AvgIpc) is 2.53. The van der Waals surface area contributed by atoms with E-state index in [-0.39, 0.29) is 11.5 Å². The fourth-order valence-electron chi connectivity index (χ4n) is 2.14. The highest BCUT2D eigenvalue weighted by molar-refractivity contribution is 6.07. The summed E-state index contributed by atoms with van der Waals surface area (Å²) in [6.07, 6.45) is 3.12. The highest BCUT2D eigenvalue weighted by Crippen LogP contribution is 2.24. The van der Waals surface area contributed by atoms with Gasteiger partial charge in [-0.3, -0.25) is 4.79 Å². The maximum Gasteiger partial charge on any atom is 0.185 e. The van der Waals surface area contributed by atoms with Gasteiger partial charge in [-0.05, 0) is 48.6 Å². The number of carbonyl (C=O) groups excluding carboxylic acids is 1. The number of aromatic hydroxyl groups is 1. The van der Waals surface area contributed by atoms with Crippen LogP contribution in [0.25, 0.3) is 6.08 Å². The fraction of sp³-hybridized carbons (Fsp3) is 0.211. The van der Waals surface area contributed by atoms with Gasteiger partial charge in [-0.15, -0.1) is 0 Å². The molecular formula is C19H22N2O2. The molecule has 0 saturated carbocycles. The molecule has 120 valence electrons. The third-order valence-corrected chi connectivity index (χ3v) is 3.61. The van der Waals surface area contributed by atoms with Gasteiger partial charge in [0, 0.05) is 56.8 Å². The number of phenolic OH excluding ortho intramolecular Hbond substituents is 1. The molecule has 0 aliphatic heterocycles. The lowest BCUT2D eigenvalue weighted by atomic mass is 10.1. The van der Waals surface area contributed by atoms with Crippen LogP contribution in [0.1, 0.15) is 15.9 Å². The van der Waals surface area contributed by atoms with Crippen LogP contribution in [0.3, 0.4) is 0 Å². The summed E-state index contributed by atoms with van der Waals surface area (Å²) >= 11 is 0. The van der Waals surface area contributed by atoms with E-state index in [1.165, 1.54) is 6.08 Å². The molecule has 0 atom stereocenters. The highest BCUT2D eigenvalue weighted by Gasteiger charge is 2.05. The Bertz CT molecular complexity index is 717. The third-order valence-electron chi connectivity index (χ3n) is 3.61. The Balaban J connectivity index is 2.14. The van der Waals surface area contributed by atoms with Gasteiger partial charge in [0.15, 0.2) is 5.78 Å². The topological polar surface area (TPSA) is 43.8 Å². The quantitative estimate of drug-likeness (QED) is 0.679. The minimum absolute atomic E-state index is 0.0913. The second-order valence-corrected chi connectivity index (χ2v) is 5.78. The lowest BCUT2D eigenvalue weighted by Gasteiger charge is -2.13. The van der Waals surface area contributed by atoms with Gasteiger partial charge in [0.1, 0.15) is 5.75 Å². The van der Waals surface area contributed by atoms with Crippen molar-refractivity contribution in [3.05, 3.63) is 59.7 Å². The third kappa shape index (κ3) is 4.13. The summed E-state index contributed by atoms with van der Waals surface area (Å²) in [6, 6.07) is 12.8. The average molecular weight is 310 g/mol. The van der Waals surface area contributed by atoms with Crippen LogP contribution in [0.15, 0.2) is 48.5 Å². The molecule has 0 unspecified atom stereocenters. The number of rotatable bonds is 5. The number of benzene rings is 2. The predicted octanol–water partition coefficient (Wildman–Crippen LogP) is 3.42. The van der Waals surface area contributed by atoms with Crippen molar-refractivity contribution in [3.8, 4) is 5.75 Å². The zero-order chi connectivity index (χ0) is 17.0. The first-order valence-corrected chi connectivity index (χ1v) is 7.38. The van der Waals surface area contributed by atoms with Gasteiger partial charge in [0.2, 0.25) is 0 Å². The van der Waals surface area contributed by atoms with E-state index >= 15 is 0 Å². The monoisotopic (exact) mass is 310 g/mol. The van der Waals surface area contributed by atoms with Crippen molar-refractivity contribution >= 4 is 23.2 Å². The molecule has 2 aromatic carbocycles. The largest absolute Gasteiger partial charge is 0.507 e. The molecule has 0 aliphatic rings. The Labute approximate surface area is 137 Å². The van der Waals surface area contributed by atoms with Crippen molar-refractivity contribution in [2.24, 2.45) is 0 Å². The molecule has 0 saturated heterocycles. The van der Waals surface area contributed by atoms with Gasteiger partial charge < -0.3 is 14.9 Å². The lowest BCUT2D eigenvalue weighted by Crippen LogP contribution is -2.08. The van der Waals surface area contributed by atoms with Crippen molar-refractivity contribution < 1.29 is 9.90 Å². The molecule has 2 aromatic rings. The number of hydrogen-bond acceptors (Lipinski definition) is 4. The summed E-state index contributed by atoms with van der Waals surface area (Å²) in [5.74, 6) is 0.0644. The van der Waals surface area contributed by atoms with Crippen molar-refractivity contribution in [1.82, 2.24) is 0 Å². The standard InChI is InChI=1S/C19H22N2O2/c1-20(2)16-9-5-14(6-10-16)18(22)12-8-15-7-11-17(21(3)4)13-19(15)23/h5-13,23H,1-4H3/b12-8+. The zero-order valence-corrected chi connectivity index (χ0v) is 13.9. The number of allylic oxidation sites excluding steroid dienone is 1. The number of ketones is 1. The Hall–Kier alpha value is -2.75. The van der Waals surface area contributed by atoms with E-state index in [4.69, 9.17) is 0 Å². The Morgan fingerprint density at radius 1 is 0.913 bits per heavy atom. The molecule has 0 amide bonds. The van der Waals surface area contributed by atoms with Gasteiger partial charge in [-0.1, -0.05) is 0 Å². The highest BCUT2D eigenvalue weighted by atomic mass is 16.3. The smallest absolute Gasteiger partial charge is 0.185 e. The van der Waals surface area contributed by atoms with Crippen LogP contribution in [-0.2, 0) is 0 Å². The molecular weight excluding hydrogens is 288 g/mol. The second-order valence-electron chi connectivity index (χ2n) is 5.78. The summed E-state index contributed by atoms with van der Waals surface area (Å²) < 4.78 is 0. The van der Waals surface area contributed by atoms with Crippen LogP contribution in [-0.4, -0.2) is 39.1 Å². The maximum absolute atomic E-state index is 12.2. The van der Waals surface area contributed by atoms with Gasteiger partial charge in [0.25, 0.3) is 0 Å². The van der Waals surface area contributed by atoms with Crippen LogP contribution in [0.5, 0.6) is 5.75 Å². The van der Waals surface area contributed by atoms with Crippen LogP contribution < -0.4 is 9.80 Å². The van der Waals surface area contributed by atoms with Crippen molar-refractivity contribution in [2.75, 3.05) is 38.0 Å². The Morgan fingerprint density at radius 3 is 2.00 bits per heavy atom. The minimum Gasteiger partial charge on any atom is -0.507 e. The second kappa shape index (κ2) is 7.01. The molecule has 1 N–H and O–H groups in total. The molecule has 0 heterocycles. The number of phenols is 1. The van der Waals surface area contributed by atoms with Gasteiger partial charge in [-0.25, -0.2) is 0 Å². The van der Waals surface area contributed by atoms with E-state index < -0.39 is 0 Å². The van der Waals surface area contributed by atoms with Crippen LogP contribution in [0.4, 0.5) is 11.4 Å². The lowest BCUT2D eigenvalue weighted by molar-refractivity contribution is 0.104. The number of nitrogens with zero attached hydrogens (tertiary/aromatic N) is 2. The van der Waals surface area contributed by atoms with Crippen LogP contribution in [0, 0.1) is 0 Å². The van der Waals surface area contributed by atoms with E-state index in [0.717, 1.165) is 11.4 Å². The van der Waals surface area contributed by atoms with E-state index in [1.54, 1.807) is 30.3 Å². The van der Waals surface area contributed by atoms with Crippen molar-refractivity contribution in [1.29, 1.82) is 0 Å². The predicted molar refractivity (Wildman–Crippen MR) is 96.6 cm³/mol. The number of carbonyl (C=O) groups is 1.